The Balaban J connectivity index is 1.55. The molecule has 1 aromatic heterocycles. The number of hydrogen-bond donors (Lipinski definition) is 7. The molecule has 18 heteroatoms. The summed E-state index contributed by atoms with van der Waals surface area (Å²) in [5.74, 6) is -8.19. The second kappa shape index (κ2) is 16.7. The van der Waals surface area contributed by atoms with Gasteiger partial charge in [-0.1, -0.05) is 12.1 Å². The Morgan fingerprint density at radius 3 is 2.38 bits per heavy atom. The highest BCUT2D eigenvalue weighted by molar-refractivity contribution is 7.08. The van der Waals surface area contributed by atoms with Crippen LogP contribution in [0, 0.1) is 5.92 Å². The van der Waals surface area contributed by atoms with Gasteiger partial charge in [0.2, 0.25) is 5.91 Å². The molecular formula is C29H36B2N2O13S. The molecule has 47 heavy (non-hydrogen) atoms. The Hall–Kier alpha value is -3.96. The SMILES string of the molecule is O=C(O)CC(CN[C@H]1CC[C@@H](CC(=O)O)OB1Oc1cccc(C2C[C@@H](CC(=O)O)OB(O)[C@H]2NC(=O)Cc2ccsc2)c1)C(=O)O. The van der Waals surface area contributed by atoms with Crippen molar-refractivity contribution in [1.29, 1.82) is 0 Å². The molecule has 1 aromatic carbocycles. The minimum atomic E-state index is -1.51. The third-order valence-corrected chi connectivity index (χ3v) is 8.79. The average Bonchev–Trinajstić information content (AvgIpc) is 3.49. The number of carboxylic acid groups (broad SMARTS) is 4. The molecule has 2 aromatic rings. The number of rotatable bonds is 16. The number of hydrogen-bond acceptors (Lipinski definition) is 11. The van der Waals surface area contributed by atoms with E-state index in [0.29, 0.717) is 18.4 Å². The molecule has 2 unspecified atom stereocenters. The van der Waals surface area contributed by atoms with E-state index in [4.69, 9.17) is 19.1 Å². The minimum absolute atomic E-state index is 0.0707. The number of thiophene rings is 1. The fraction of sp³-hybridized carbons (Fsp3) is 0.483. The van der Waals surface area contributed by atoms with Gasteiger partial charge in [0.15, 0.2) is 0 Å². The van der Waals surface area contributed by atoms with Gasteiger partial charge in [-0.25, -0.2) is 0 Å². The third kappa shape index (κ3) is 10.8. The van der Waals surface area contributed by atoms with Crippen molar-refractivity contribution in [1.82, 2.24) is 10.6 Å². The predicted octanol–water partition coefficient (Wildman–Crippen LogP) is 1.04. The summed E-state index contributed by atoms with van der Waals surface area (Å²) in [4.78, 5) is 58.5. The zero-order chi connectivity index (χ0) is 34.1. The van der Waals surface area contributed by atoms with Gasteiger partial charge < -0.3 is 50.0 Å². The van der Waals surface area contributed by atoms with Crippen molar-refractivity contribution in [3.05, 3.63) is 52.2 Å². The summed E-state index contributed by atoms with van der Waals surface area (Å²) in [6.07, 6.45) is -1.90. The molecule has 0 saturated carbocycles. The maximum atomic E-state index is 12.9. The van der Waals surface area contributed by atoms with Gasteiger partial charge in [0.05, 0.1) is 55.7 Å². The first-order valence-electron chi connectivity index (χ1n) is 15.1. The monoisotopic (exact) mass is 674 g/mol. The quantitative estimate of drug-likeness (QED) is 0.123. The molecule has 0 bridgehead atoms. The second-order valence-electron chi connectivity index (χ2n) is 11.6. The molecule has 2 fully saturated rings. The second-order valence-corrected chi connectivity index (χ2v) is 12.4. The van der Waals surface area contributed by atoms with Gasteiger partial charge in [-0.2, -0.15) is 11.3 Å². The fourth-order valence-corrected chi connectivity index (χ4v) is 6.50. The van der Waals surface area contributed by atoms with Crippen LogP contribution in [-0.2, 0) is 39.7 Å². The lowest BCUT2D eigenvalue weighted by atomic mass is 9.64. The number of nitrogens with one attached hydrogen (secondary N) is 2. The molecule has 0 radical (unpaired) electrons. The molecule has 2 aliphatic heterocycles. The highest BCUT2D eigenvalue weighted by Crippen LogP contribution is 2.35. The predicted molar refractivity (Wildman–Crippen MR) is 167 cm³/mol. The maximum Gasteiger partial charge on any atom is 0.543 e. The van der Waals surface area contributed by atoms with Crippen LogP contribution < -0.4 is 15.3 Å². The van der Waals surface area contributed by atoms with Crippen LogP contribution in [0.5, 0.6) is 5.75 Å². The molecule has 0 spiro atoms. The summed E-state index contributed by atoms with van der Waals surface area (Å²) in [6.45, 7) is -0.198. The van der Waals surface area contributed by atoms with E-state index < -0.39 is 80.5 Å². The summed E-state index contributed by atoms with van der Waals surface area (Å²) in [5, 5.41) is 57.7. The minimum Gasteiger partial charge on any atom is -0.535 e. The van der Waals surface area contributed by atoms with E-state index in [-0.39, 0.29) is 43.9 Å². The van der Waals surface area contributed by atoms with Gasteiger partial charge in [0, 0.05) is 12.5 Å². The highest BCUT2D eigenvalue weighted by Gasteiger charge is 2.45. The van der Waals surface area contributed by atoms with Crippen LogP contribution in [0.4, 0.5) is 0 Å². The first kappa shape index (κ1) is 35.9. The number of benzene rings is 1. The molecule has 4 rings (SSSR count). The van der Waals surface area contributed by atoms with E-state index in [9.17, 15) is 44.3 Å². The Kier molecular flexibility index (Phi) is 12.8. The van der Waals surface area contributed by atoms with Crippen LogP contribution in [-0.4, -0.2) is 100 Å². The van der Waals surface area contributed by atoms with Gasteiger partial charge in [-0.05, 0) is 59.3 Å². The van der Waals surface area contributed by atoms with Crippen LogP contribution >= 0.6 is 11.3 Å². The first-order valence-corrected chi connectivity index (χ1v) is 16.0. The number of carboxylic acids is 4. The van der Waals surface area contributed by atoms with E-state index in [0.717, 1.165) is 5.56 Å². The lowest BCUT2D eigenvalue weighted by Crippen LogP contribution is -2.57. The maximum absolute atomic E-state index is 12.9. The third-order valence-electron chi connectivity index (χ3n) is 8.06. The van der Waals surface area contributed by atoms with Crippen molar-refractivity contribution in [2.24, 2.45) is 5.92 Å². The van der Waals surface area contributed by atoms with Gasteiger partial charge in [-0.15, -0.1) is 0 Å². The molecule has 1 amide bonds. The molecule has 2 saturated heterocycles. The van der Waals surface area contributed by atoms with Crippen LogP contribution in [0.1, 0.15) is 55.6 Å². The van der Waals surface area contributed by atoms with Gasteiger partial charge in [0.1, 0.15) is 5.75 Å². The van der Waals surface area contributed by atoms with Crippen molar-refractivity contribution in [3.8, 4) is 5.75 Å². The van der Waals surface area contributed by atoms with Crippen molar-refractivity contribution in [2.45, 2.75) is 75.0 Å². The van der Waals surface area contributed by atoms with Crippen molar-refractivity contribution >= 4 is 55.4 Å². The molecule has 2 aliphatic rings. The number of aliphatic carboxylic acids is 4. The normalized spacial score (nSPS) is 23.5. The van der Waals surface area contributed by atoms with Gasteiger partial charge in [-0.3, -0.25) is 24.0 Å². The molecule has 252 valence electrons. The van der Waals surface area contributed by atoms with Crippen LogP contribution in [0.15, 0.2) is 41.1 Å². The average molecular weight is 674 g/mol. The Morgan fingerprint density at radius 1 is 0.979 bits per heavy atom. The van der Waals surface area contributed by atoms with E-state index in [1.807, 2.05) is 16.8 Å². The van der Waals surface area contributed by atoms with Crippen molar-refractivity contribution in [2.75, 3.05) is 6.54 Å². The Labute approximate surface area is 274 Å². The van der Waals surface area contributed by atoms with Gasteiger partial charge in [0.25, 0.3) is 0 Å². The summed E-state index contributed by atoms with van der Waals surface area (Å²) < 4.78 is 17.7. The molecule has 0 aliphatic carbocycles. The van der Waals surface area contributed by atoms with E-state index in [1.165, 1.54) is 11.3 Å². The first-order chi connectivity index (χ1) is 22.4. The van der Waals surface area contributed by atoms with E-state index >= 15 is 0 Å². The summed E-state index contributed by atoms with van der Waals surface area (Å²) in [5.41, 5.74) is 1.39. The number of carbonyl (C=O) groups is 5. The fourth-order valence-electron chi connectivity index (χ4n) is 5.83. The number of carbonyl (C=O) groups excluding carboxylic acids is 1. The lowest BCUT2D eigenvalue weighted by Gasteiger charge is -2.38. The molecule has 6 atom stereocenters. The van der Waals surface area contributed by atoms with E-state index in [1.54, 1.807) is 24.3 Å². The number of amides is 1. The van der Waals surface area contributed by atoms with Crippen molar-refractivity contribution < 1.29 is 63.4 Å². The smallest absolute Gasteiger partial charge is 0.535 e. The van der Waals surface area contributed by atoms with Crippen LogP contribution in [0.25, 0.3) is 0 Å². The molecule has 3 heterocycles. The zero-order valence-corrected chi connectivity index (χ0v) is 26.0. The largest absolute Gasteiger partial charge is 0.543 e. The molecule has 15 nitrogen and oxygen atoms in total. The van der Waals surface area contributed by atoms with Crippen LogP contribution in [0.3, 0.4) is 0 Å². The highest BCUT2D eigenvalue weighted by atomic mass is 32.1. The Bertz CT molecular complexity index is 1410. The van der Waals surface area contributed by atoms with E-state index in [2.05, 4.69) is 10.6 Å². The Morgan fingerprint density at radius 2 is 1.72 bits per heavy atom. The summed E-state index contributed by atoms with van der Waals surface area (Å²) in [7, 11) is -2.59. The summed E-state index contributed by atoms with van der Waals surface area (Å²) in [6, 6.07) is 8.47. The summed E-state index contributed by atoms with van der Waals surface area (Å²) >= 11 is 1.44. The molecule has 7 N–H and O–H groups in total. The zero-order valence-electron chi connectivity index (χ0n) is 25.2. The lowest BCUT2D eigenvalue weighted by molar-refractivity contribution is -0.148. The standard InChI is InChI=1S/C29H36B2N2O13S/c34-24(8-16-6-7-47-15-16)33-28-22(11-21(13-27(39)40)44-30(28)43)17-2-1-3-19(9-17)45-31-23(5-4-20(46-31)12-26(37)38)32-14-18(29(41)42)10-25(35)36/h1-3,6-7,9,15,18,20-23,28,32,43H,4-5,8,10-14H2,(H,33,34)(H,35,36)(H,37,38)(H,39,40)(H,41,42)/t18?,20-,21-,22?,23-,28-/m0/s1. The van der Waals surface area contributed by atoms with Gasteiger partial charge >= 0.3 is 38.1 Å². The van der Waals surface area contributed by atoms with Crippen molar-refractivity contribution in [3.63, 3.8) is 0 Å². The topological polar surface area (TPSA) is 238 Å². The molecular weight excluding hydrogens is 638 g/mol. The van der Waals surface area contributed by atoms with Crippen LogP contribution in [0.2, 0.25) is 0 Å².